The van der Waals surface area contributed by atoms with Crippen LogP contribution in [0, 0.1) is 0 Å². The third kappa shape index (κ3) is 3.83. The van der Waals surface area contributed by atoms with Gasteiger partial charge in [0, 0.05) is 19.2 Å². The molecule has 1 aromatic heterocycles. The van der Waals surface area contributed by atoms with E-state index >= 15 is 0 Å². The molecule has 0 radical (unpaired) electrons. The summed E-state index contributed by atoms with van der Waals surface area (Å²) in [6.45, 7) is 1.80. The molecule has 1 fully saturated rings. The molecule has 0 bridgehead atoms. The van der Waals surface area contributed by atoms with E-state index < -0.39 is 10.0 Å². The van der Waals surface area contributed by atoms with Crippen LogP contribution in [-0.4, -0.2) is 48.8 Å². The lowest BCUT2D eigenvalue weighted by molar-refractivity contribution is 0.0730. The van der Waals surface area contributed by atoms with E-state index in [1.165, 1.54) is 8.99 Å². The summed E-state index contributed by atoms with van der Waals surface area (Å²) < 4.78 is 33.8. The first-order chi connectivity index (χ1) is 13.0. The fourth-order valence-electron chi connectivity index (χ4n) is 3.63. The normalized spacial score (nSPS) is 18.2. The summed E-state index contributed by atoms with van der Waals surface area (Å²) >= 11 is 0. The van der Waals surface area contributed by atoms with Gasteiger partial charge in [-0.3, -0.25) is 4.79 Å². The Morgan fingerprint density at radius 2 is 1.85 bits per heavy atom. The summed E-state index contributed by atoms with van der Waals surface area (Å²) in [5.41, 5.74) is 2.64. The maximum Gasteiger partial charge on any atom is 0.267 e. The van der Waals surface area contributed by atoms with E-state index in [2.05, 4.69) is 5.10 Å². The molecular formula is C19H23N3O4S. The van der Waals surface area contributed by atoms with Gasteiger partial charge in [0.2, 0.25) is 10.0 Å². The van der Waals surface area contributed by atoms with Crippen LogP contribution >= 0.6 is 0 Å². The van der Waals surface area contributed by atoms with E-state index in [0.29, 0.717) is 26.3 Å². The predicted molar refractivity (Wildman–Crippen MR) is 100 cm³/mol. The first kappa shape index (κ1) is 18.3. The molecule has 4 rings (SSSR count). The molecule has 0 N–H and O–H groups in total. The Kier molecular flexibility index (Phi) is 5.12. The number of sulfonamides is 1. The molecule has 1 aliphatic heterocycles. The fraction of sp³-hybridized carbons (Fsp3) is 0.474. The summed E-state index contributed by atoms with van der Waals surface area (Å²) in [4.78, 5) is 12.6. The summed E-state index contributed by atoms with van der Waals surface area (Å²) in [7, 11) is -3.56. The van der Waals surface area contributed by atoms with Crippen LogP contribution < -0.4 is 5.56 Å². The van der Waals surface area contributed by atoms with Crippen molar-refractivity contribution in [3.63, 3.8) is 0 Å². The largest absolute Gasteiger partial charge is 0.379 e. The highest BCUT2D eigenvalue weighted by atomic mass is 32.2. The third-order valence-corrected chi connectivity index (χ3v) is 7.01. The molecule has 0 amide bonds. The third-order valence-electron chi connectivity index (χ3n) is 5.11. The number of morpholine rings is 1. The van der Waals surface area contributed by atoms with E-state index in [1.807, 2.05) is 6.07 Å². The number of ether oxygens (including phenoxy) is 1. The number of aryl methyl sites for hydroxylation is 2. The number of rotatable bonds is 4. The minimum Gasteiger partial charge on any atom is -0.379 e. The van der Waals surface area contributed by atoms with Gasteiger partial charge in [0.1, 0.15) is 0 Å². The van der Waals surface area contributed by atoms with Crippen molar-refractivity contribution in [1.29, 1.82) is 0 Å². The molecule has 1 aliphatic carbocycles. The van der Waals surface area contributed by atoms with Gasteiger partial charge in [-0.25, -0.2) is 13.1 Å². The van der Waals surface area contributed by atoms with Gasteiger partial charge in [-0.1, -0.05) is 12.1 Å². The average Bonchev–Trinajstić information content (AvgIpc) is 2.69. The molecule has 0 unspecified atom stereocenters. The van der Waals surface area contributed by atoms with E-state index in [0.717, 1.165) is 42.5 Å². The molecule has 27 heavy (non-hydrogen) atoms. The van der Waals surface area contributed by atoms with Gasteiger partial charge < -0.3 is 4.74 Å². The quantitative estimate of drug-likeness (QED) is 0.785. The minimum absolute atomic E-state index is 0.142. The number of aromatic nitrogens is 2. The molecule has 0 spiro atoms. The Morgan fingerprint density at radius 1 is 1.07 bits per heavy atom. The first-order valence-corrected chi connectivity index (χ1v) is 10.7. The van der Waals surface area contributed by atoms with Gasteiger partial charge in [0.15, 0.2) is 0 Å². The lowest BCUT2D eigenvalue weighted by Crippen LogP contribution is -2.40. The summed E-state index contributed by atoms with van der Waals surface area (Å²) in [6, 6.07) is 8.45. The van der Waals surface area contributed by atoms with Gasteiger partial charge in [-0.05, 0) is 48.9 Å². The Hall–Kier alpha value is -2.03. The van der Waals surface area contributed by atoms with Crippen LogP contribution in [-0.2, 0) is 34.1 Å². The van der Waals surface area contributed by atoms with Crippen LogP contribution in [0.25, 0.3) is 0 Å². The van der Waals surface area contributed by atoms with Crippen molar-refractivity contribution in [2.45, 2.75) is 37.1 Å². The zero-order valence-corrected chi connectivity index (χ0v) is 16.0. The van der Waals surface area contributed by atoms with Crippen molar-refractivity contribution in [2.24, 2.45) is 0 Å². The molecule has 144 valence electrons. The van der Waals surface area contributed by atoms with Crippen LogP contribution in [0.1, 0.15) is 29.7 Å². The first-order valence-electron chi connectivity index (χ1n) is 9.31. The Bertz CT molecular complexity index is 994. The van der Waals surface area contributed by atoms with Crippen molar-refractivity contribution in [2.75, 3.05) is 26.3 Å². The second-order valence-electron chi connectivity index (χ2n) is 6.98. The molecule has 2 aromatic rings. The summed E-state index contributed by atoms with van der Waals surface area (Å²) in [5.74, 6) is 0. The van der Waals surface area contributed by atoms with Crippen LogP contribution in [0.4, 0.5) is 0 Å². The van der Waals surface area contributed by atoms with Gasteiger partial charge in [0.25, 0.3) is 5.56 Å². The molecule has 0 saturated carbocycles. The second kappa shape index (κ2) is 7.53. The summed E-state index contributed by atoms with van der Waals surface area (Å²) in [5, 5.41) is 4.52. The van der Waals surface area contributed by atoms with E-state index in [-0.39, 0.29) is 17.0 Å². The van der Waals surface area contributed by atoms with Crippen LogP contribution in [0.2, 0.25) is 0 Å². The van der Waals surface area contributed by atoms with E-state index in [1.54, 1.807) is 24.3 Å². The standard InChI is InChI=1S/C19H23N3O4S/c23-19-13-16-5-1-2-7-18(16)20-22(19)14-15-4-3-6-17(12-15)27(24,25)21-8-10-26-11-9-21/h3-4,6,12-13H,1-2,5,7-11,14H2. The number of benzene rings is 1. The summed E-state index contributed by atoms with van der Waals surface area (Å²) in [6.07, 6.45) is 3.98. The smallest absolute Gasteiger partial charge is 0.267 e. The molecule has 2 heterocycles. The SMILES string of the molecule is O=c1cc2c(nn1Cc1cccc(S(=O)(=O)N3CCOCC3)c1)CCCC2. The zero-order chi connectivity index (χ0) is 18.9. The average molecular weight is 389 g/mol. The number of hydrogen-bond acceptors (Lipinski definition) is 5. The molecule has 0 atom stereocenters. The van der Waals surface area contributed by atoms with Crippen LogP contribution in [0.5, 0.6) is 0 Å². The number of hydrogen-bond donors (Lipinski definition) is 0. The molecule has 8 heteroatoms. The van der Waals surface area contributed by atoms with E-state index in [9.17, 15) is 13.2 Å². The lowest BCUT2D eigenvalue weighted by Gasteiger charge is -2.26. The van der Waals surface area contributed by atoms with Crippen molar-refractivity contribution < 1.29 is 13.2 Å². The molecule has 7 nitrogen and oxygen atoms in total. The van der Waals surface area contributed by atoms with Crippen LogP contribution in [0.15, 0.2) is 40.0 Å². The van der Waals surface area contributed by atoms with Gasteiger partial charge in [-0.15, -0.1) is 0 Å². The maximum atomic E-state index is 12.8. The molecule has 1 saturated heterocycles. The molecule has 2 aliphatic rings. The Labute approximate surface area is 158 Å². The van der Waals surface area contributed by atoms with Gasteiger partial charge in [-0.2, -0.15) is 9.40 Å². The van der Waals surface area contributed by atoms with E-state index in [4.69, 9.17) is 4.74 Å². The maximum absolute atomic E-state index is 12.8. The van der Waals surface area contributed by atoms with Gasteiger partial charge in [0.05, 0.1) is 30.3 Å². The van der Waals surface area contributed by atoms with Crippen molar-refractivity contribution in [3.8, 4) is 0 Å². The highest BCUT2D eigenvalue weighted by Crippen LogP contribution is 2.20. The van der Waals surface area contributed by atoms with Crippen molar-refractivity contribution in [1.82, 2.24) is 14.1 Å². The molecular weight excluding hydrogens is 366 g/mol. The Balaban J connectivity index is 1.61. The Morgan fingerprint density at radius 3 is 2.67 bits per heavy atom. The monoisotopic (exact) mass is 389 g/mol. The second-order valence-corrected chi connectivity index (χ2v) is 8.92. The van der Waals surface area contributed by atoms with Crippen molar-refractivity contribution in [3.05, 3.63) is 57.5 Å². The lowest BCUT2D eigenvalue weighted by atomic mass is 9.97. The molecule has 1 aromatic carbocycles. The minimum atomic E-state index is -3.56. The highest BCUT2D eigenvalue weighted by molar-refractivity contribution is 7.89. The zero-order valence-electron chi connectivity index (χ0n) is 15.1. The van der Waals surface area contributed by atoms with Gasteiger partial charge >= 0.3 is 0 Å². The topological polar surface area (TPSA) is 81.5 Å². The number of nitrogens with zero attached hydrogens (tertiary/aromatic N) is 3. The predicted octanol–water partition coefficient (Wildman–Crippen LogP) is 1.19. The number of fused-ring (bicyclic) bond motifs is 1. The highest BCUT2D eigenvalue weighted by Gasteiger charge is 2.26. The fourth-order valence-corrected chi connectivity index (χ4v) is 5.11. The van der Waals surface area contributed by atoms with Crippen LogP contribution in [0.3, 0.4) is 0 Å². The van der Waals surface area contributed by atoms with Crippen molar-refractivity contribution >= 4 is 10.0 Å².